The van der Waals surface area contributed by atoms with Gasteiger partial charge in [0, 0.05) is 12.0 Å². The number of hydrogen-bond donors (Lipinski definition) is 1. The van der Waals surface area contributed by atoms with Crippen molar-refractivity contribution in [3.8, 4) is 17.6 Å². The van der Waals surface area contributed by atoms with Gasteiger partial charge in [-0.15, -0.1) is 0 Å². The number of aliphatic hydroxyl groups is 1. The highest BCUT2D eigenvalue weighted by atomic mass is 19.3. The van der Waals surface area contributed by atoms with Gasteiger partial charge in [-0.05, 0) is 24.3 Å². The van der Waals surface area contributed by atoms with E-state index >= 15 is 0 Å². The second-order valence-electron chi connectivity index (χ2n) is 3.00. The summed E-state index contributed by atoms with van der Waals surface area (Å²) in [7, 11) is 0. The number of alkyl halides is 2. The molecule has 86 valence electrons. The van der Waals surface area contributed by atoms with Crippen LogP contribution in [0.25, 0.3) is 0 Å². The molecular formula is C12H12F2O2. The van der Waals surface area contributed by atoms with Gasteiger partial charge in [0.05, 0.1) is 6.61 Å². The summed E-state index contributed by atoms with van der Waals surface area (Å²) in [5.41, 5.74) is 0.762. The molecule has 0 spiro atoms. The number of halogens is 2. The van der Waals surface area contributed by atoms with Gasteiger partial charge in [0.1, 0.15) is 12.4 Å². The third-order valence-electron chi connectivity index (χ3n) is 1.70. The molecule has 0 radical (unpaired) electrons. The summed E-state index contributed by atoms with van der Waals surface area (Å²) in [6.07, 6.45) is -2.05. The largest absolute Gasteiger partial charge is 0.488 e. The van der Waals surface area contributed by atoms with Crippen LogP contribution in [0.1, 0.15) is 12.0 Å². The molecule has 1 aromatic carbocycles. The van der Waals surface area contributed by atoms with Gasteiger partial charge in [0.2, 0.25) is 0 Å². The topological polar surface area (TPSA) is 29.5 Å². The number of ether oxygens (including phenoxy) is 1. The fourth-order valence-corrected chi connectivity index (χ4v) is 1.01. The number of rotatable bonds is 4. The Kier molecular flexibility index (Phi) is 5.30. The van der Waals surface area contributed by atoms with Crippen LogP contribution >= 0.6 is 0 Å². The summed E-state index contributed by atoms with van der Waals surface area (Å²) in [5, 5.41) is 8.52. The number of aliphatic hydroxyl groups excluding tert-OH is 1. The zero-order chi connectivity index (χ0) is 11.8. The zero-order valence-corrected chi connectivity index (χ0v) is 8.62. The minimum atomic E-state index is -2.47. The highest BCUT2D eigenvalue weighted by Gasteiger charge is 2.02. The molecule has 1 N–H and O–H groups in total. The Hall–Kier alpha value is -1.60. The highest BCUT2D eigenvalue weighted by molar-refractivity contribution is 5.38. The molecule has 0 aliphatic heterocycles. The molecule has 0 aliphatic carbocycles. The van der Waals surface area contributed by atoms with Crippen LogP contribution in [0, 0.1) is 11.8 Å². The van der Waals surface area contributed by atoms with Gasteiger partial charge in [-0.1, -0.05) is 11.8 Å². The first-order valence-electron chi connectivity index (χ1n) is 4.83. The van der Waals surface area contributed by atoms with E-state index in [9.17, 15) is 8.78 Å². The van der Waals surface area contributed by atoms with E-state index in [-0.39, 0.29) is 6.61 Å². The highest BCUT2D eigenvalue weighted by Crippen LogP contribution is 2.12. The lowest BCUT2D eigenvalue weighted by molar-refractivity contribution is 0.0819. The van der Waals surface area contributed by atoms with Gasteiger partial charge >= 0.3 is 0 Å². The van der Waals surface area contributed by atoms with E-state index in [2.05, 4.69) is 11.8 Å². The van der Waals surface area contributed by atoms with Gasteiger partial charge < -0.3 is 9.84 Å². The lowest BCUT2D eigenvalue weighted by atomic mass is 10.2. The maximum absolute atomic E-state index is 11.8. The van der Waals surface area contributed by atoms with Crippen molar-refractivity contribution in [1.82, 2.24) is 0 Å². The number of benzene rings is 1. The van der Waals surface area contributed by atoms with Crippen molar-refractivity contribution in [2.24, 2.45) is 0 Å². The average Bonchev–Trinajstić information content (AvgIpc) is 2.28. The Morgan fingerprint density at radius 1 is 1.25 bits per heavy atom. The van der Waals surface area contributed by atoms with Crippen molar-refractivity contribution in [2.75, 3.05) is 13.2 Å². The molecule has 0 atom stereocenters. The second kappa shape index (κ2) is 6.81. The van der Waals surface area contributed by atoms with Crippen LogP contribution in [-0.4, -0.2) is 24.7 Å². The predicted octanol–water partition coefficient (Wildman–Crippen LogP) is 2.06. The molecule has 1 aromatic rings. The van der Waals surface area contributed by atoms with Crippen LogP contribution in [0.5, 0.6) is 5.75 Å². The van der Waals surface area contributed by atoms with Crippen LogP contribution in [0.2, 0.25) is 0 Å². The third kappa shape index (κ3) is 4.76. The summed E-state index contributed by atoms with van der Waals surface area (Å²) >= 11 is 0. The fraction of sp³-hybridized carbons (Fsp3) is 0.333. The van der Waals surface area contributed by atoms with Crippen molar-refractivity contribution in [3.05, 3.63) is 29.8 Å². The van der Waals surface area contributed by atoms with Crippen LogP contribution in [0.4, 0.5) is 8.78 Å². The molecule has 0 heterocycles. The summed E-state index contributed by atoms with van der Waals surface area (Å²) in [6, 6.07) is 6.55. The lowest BCUT2D eigenvalue weighted by Crippen LogP contribution is -2.06. The molecule has 2 nitrogen and oxygen atoms in total. The Bertz CT molecular complexity index is 363. The maximum Gasteiger partial charge on any atom is 0.272 e. The quantitative estimate of drug-likeness (QED) is 0.796. The molecule has 0 fully saturated rings. The standard InChI is InChI=1S/C12H12F2O2/c13-12(14)9-16-11-6-4-10(5-7-11)3-1-2-8-15/h4-7,12,15H,2,8-9H2. The van der Waals surface area contributed by atoms with Crippen LogP contribution < -0.4 is 4.74 Å². The van der Waals surface area contributed by atoms with E-state index < -0.39 is 13.0 Å². The average molecular weight is 226 g/mol. The summed E-state index contributed by atoms with van der Waals surface area (Å²) in [6.45, 7) is -0.571. The molecule has 0 unspecified atom stereocenters. The third-order valence-corrected chi connectivity index (χ3v) is 1.70. The van der Waals surface area contributed by atoms with Crippen molar-refractivity contribution >= 4 is 0 Å². The summed E-state index contributed by atoms with van der Waals surface area (Å²) < 4.78 is 28.5. The van der Waals surface area contributed by atoms with E-state index in [1.165, 1.54) is 0 Å². The Morgan fingerprint density at radius 2 is 1.94 bits per heavy atom. The molecule has 16 heavy (non-hydrogen) atoms. The van der Waals surface area contributed by atoms with Gasteiger partial charge in [0.15, 0.2) is 0 Å². The first kappa shape index (κ1) is 12.5. The van der Waals surface area contributed by atoms with Crippen molar-refractivity contribution in [3.63, 3.8) is 0 Å². The summed E-state index contributed by atoms with van der Waals surface area (Å²) in [4.78, 5) is 0. The Balaban J connectivity index is 2.52. The van der Waals surface area contributed by atoms with Gasteiger partial charge in [-0.3, -0.25) is 0 Å². The molecule has 0 aliphatic rings. The van der Waals surface area contributed by atoms with Gasteiger partial charge in [-0.25, -0.2) is 8.78 Å². The normalized spacial score (nSPS) is 9.75. The SMILES string of the molecule is OCCC#Cc1ccc(OCC(F)F)cc1. The molecule has 0 amide bonds. The van der Waals surface area contributed by atoms with E-state index in [0.29, 0.717) is 12.2 Å². The van der Waals surface area contributed by atoms with Crippen molar-refractivity contribution in [2.45, 2.75) is 12.8 Å². The second-order valence-corrected chi connectivity index (χ2v) is 3.00. The van der Waals surface area contributed by atoms with Crippen molar-refractivity contribution < 1.29 is 18.6 Å². The van der Waals surface area contributed by atoms with E-state index in [4.69, 9.17) is 9.84 Å². The van der Waals surface area contributed by atoms with E-state index in [1.54, 1.807) is 24.3 Å². The fourth-order valence-electron chi connectivity index (χ4n) is 1.01. The molecule has 0 saturated carbocycles. The predicted molar refractivity (Wildman–Crippen MR) is 56.5 cm³/mol. The first-order valence-corrected chi connectivity index (χ1v) is 4.83. The molecule has 1 rings (SSSR count). The molecular weight excluding hydrogens is 214 g/mol. The zero-order valence-electron chi connectivity index (χ0n) is 8.62. The smallest absolute Gasteiger partial charge is 0.272 e. The first-order chi connectivity index (χ1) is 7.72. The minimum absolute atomic E-state index is 0.0303. The monoisotopic (exact) mass is 226 g/mol. The number of hydrogen-bond acceptors (Lipinski definition) is 2. The van der Waals surface area contributed by atoms with E-state index in [0.717, 1.165) is 5.56 Å². The van der Waals surface area contributed by atoms with E-state index in [1.807, 2.05) is 0 Å². The Labute approximate surface area is 92.9 Å². The van der Waals surface area contributed by atoms with Crippen LogP contribution in [0.15, 0.2) is 24.3 Å². The molecule has 0 saturated heterocycles. The van der Waals surface area contributed by atoms with Crippen LogP contribution in [0.3, 0.4) is 0 Å². The van der Waals surface area contributed by atoms with Crippen molar-refractivity contribution in [1.29, 1.82) is 0 Å². The summed E-state index contributed by atoms with van der Waals surface area (Å²) in [5.74, 6) is 5.98. The molecule has 0 aromatic heterocycles. The van der Waals surface area contributed by atoms with Gasteiger partial charge in [0.25, 0.3) is 6.43 Å². The van der Waals surface area contributed by atoms with Crippen LogP contribution in [-0.2, 0) is 0 Å². The lowest BCUT2D eigenvalue weighted by Gasteiger charge is -2.04. The maximum atomic E-state index is 11.8. The van der Waals surface area contributed by atoms with Gasteiger partial charge in [-0.2, -0.15) is 0 Å². The molecule has 4 heteroatoms. The molecule has 0 bridgehead atoms. The Morgan fingerprint density at radius 3 is 2.50 bits per heavy atom. The minimum Gasteiger partial charge on any atom is -0.488 e.